The lowest BCUT2D eigenvalue weighted by Gasteiger charge is -2.14. The fourth-order valence-electron chi connectivity index (χ4n) is 2.69. The summed E-state index contributed by atoms with van der Waals surface area (Å²) in [5.74, 6) is 0.861. The Labute approximate surface area is 165 Å². The van der Waals surface area contributed by atoms with Gasteiger partial charge in [-0.15, -0.1) is 0 Å². The van der Waals surface area contributed by atoms with Gasteiger partial charge in [0.05, 0.1) is 0 Å². The summed E-state index contributed by atoms with van der Waals surface area (Å²) in [6.07, 6.45) is 0. The molecule has 6 heteroatoms. The van der Waals surface area contributed by atoms with Crippen LogP contribution < -0.4 is 15.5 Å². The molecule has 0 unspecified atom stereocenters. The molecule has 0 aliphatic heterocycles. The lowest BCUT2D eigenvalue weighted by molar-refractivity contribution is 0.102. The molecular formula is C22H25N5O. The average molecular weight is 375 g/mol. The summed E-state index contributed by atoms with van der Waals surface area (Å²) in [7, 11) is 3.95. The van der Waals surface area contributed by atoms with Crippen molar-refractivity contribution in [1.29, 1.82) is 0 Å². The number of rotatable bonds is 6. The lowest BCUT2D eigenvalue weighted by atomic mass is 10.2. The second-order valence-electron chi connectivity index (χ2n) is 7.02. The average Bonchev–Trinajstić information content (AvgIpc) is 2.68. The second-order valence-corrected chi connectivity index (χ2v) is 7.02. The van der Waals surface area contributed by atoms with Gasteiger partial charge in [-0.05, 0) is 38.1 Å². The minimum atomic E-state index is -0.274. The summed E-state index contributed by atoms with van der Waals surface area (Å²) in [5.41, 5.74) is 2.96. The first-order valence-corrected chi connectivity index (χ1v) is 9.22. The third kappa shape index (κ3) is 4.85. The normalized spacial score (nSPS) is 10.6. The highest BCUT2D eigenvalue weighted by molar-refractivity contribution is 6.03. The van der Waals surface area contributed by atoms with Gasteiger partial charge in [0.1, 0.15) is 11.5 Å². The van der Waals surface area contributed by atoms with Crippen LogP contribution in [0.2, 0.25) is 0 Å². The molecule has 3 aromatic rings. The van der Waals surface area contributed by atoms with E-state index in [1.807, 2.05) is 87.4 Å². The van der Waals surface area contributed by atoms with E-state index in [0.717, 1.165) is 11.3 Å². The van der Waals surface area contributed by atoms with Gasteiger partial charge >= 0.3 is 0 Å². The fraction of sp³-hybridized carbons (Fsp3) is 0.227. The van der Waals surface area contributed by atoms with Gasteiger partial charge in [0, 0.05) is 43.1 Å². The Morgan fingerprint density at radius 2 is 1.64 bits per heavy atom. The van der Waals surface area contributed by atoms with Crippen LogP contribution in [0.1, 0.15) is 24.3 Å². The van der Waals surface area contributed by atoms with E-state index in [1.54, 1.807) is 6.07 Å². The van der Waals surface area contributed by atoms with Gasteiger partial charge in [0.2, 0.25) is 0 Å². The van der Waals surface area contributed by atoms with Crippen LogP contribution in [0.4, 0.5) is 17.2 Å². The Kier molecular flexibility index (Phi) is 5.89. The predicted molar refractivity (Wildman–Crippen MR) is 115 cm³/mol. The van der Waals surface area contributed by atoms with Gasteiger partial charge in [-0.3, -0.25) is 4.79 Å². The number of carbonyl (C=O) groups is 1. The molecule has 1 amide bonds. The molecule has 0 saturated carbocycles. The molecule has 0 atom stereocenters. The van der Waals surface area contributed by atoms with Crippen LogP contribution in [0.25, 0.3) is 11.4 Å². The number of amides is 1. The molecule has 0 aliphatic rings. The number of aromatic nitrogens is 2. The van der Waals surface area contributed by atoms with E-state index in [2.05, 4.69) is 20.6 Å². The van der Waals surface area contributed by atoms with Gasteiger partial charge in [0.25, 0.3) is 5.91 Å². The summed E-state index contributed by atoms with van der Waals surface area (Å²) < 4.78 is 0. The number of anilines is 3. The van der Waals surface area contributed by atoms with E-state index in [9.17, 15) is 4.79 Å². The summed E-state index contributed by atoms with van der Waals surface area (Å²) in [5, 5.41) is 6.17. The van der Waals surface area contributed by atoms with Crippen molar-refractivity contribution in [2.45, 2.75) is 19.9 Å². The molecule has 3 rings (SSSR count). The summed E-state index contributed by atoms with van der Waals surface area (Å²) >= 11 is 0. The van der Waals surface area contributed by atoms with Crippen LogP contribution in [0.3, 0.4) is 0 Å². The SMILES string of the molecule is CC(C)Nc1cc(C(=O)Nc2ccc(N(C)C)cc2)nc(-c2ccccc2)n1. The van der Waals surface area contributed by atoms with E-state index in [1.165, 1.54) is 0 Å². The highest BCUT2D eigenvalue weighted by Gasteiger charge is 2.14. The third-order valence-electron chi connectivity index (χ3n) is 4.07. The van der Waals surface area contributed by atoms with Crippen molar-refractivity contribution in [3.8, 4) is 11.4 Å². The molecule has 0 spiro atoms. The zero-order valence-corrected chi connectivity index (χ0v) is 16.6. The highest BCUT2D eigenvalue weighted by atomic mass is 16.1. The maximum atomic E-state index is 12.8. The van der Waals surface area contributed by atoms with Crippen LogP contribution >= 0.6 is 0 Å². The Bertz CT molecular complexity index is 937. The number of carbonyl (C=O) groups excluding carboxylic acids is 1. The Morgan fingerprint density at radius 1 is 0.964 bits per heavy atom. The molecule has 28 heavy (non-hydrogen) atoms. The molecule has 6 nitrogen and oxygen atoms in total. The molecule has 0 fully saturated rings. The molecule has 0 aliphatic carbocycles. The zero-order valence-electron chi connectivity index (χ0n) is 16.6. The number of nitrogens with zero attached hydrogens (tertiary/aromatic N) is 3. The number of hydrogen-bond acceptors (Lipinski definition) is 5. The minimum absolute atomic E-state index is 0.188. The van der Waals surface area contributed by atoms with Crippen molar-refractivity contribution >= 4 is 23.1 Å². The lowest BCUT2D eigenvalue weighted by Crippen LogP contribution is -2.17. The van der Waals surface area contributed by atoms with Crippen LogP contribution in [-0.2, 0) is 0 Å². The zero-order chi connectivity index (χ0) is 20.1. The summed E-state index contributed by atoms with van der Waals surface area (Å²) in [6.45, 7) is 4.05. The van der Waals surface area contributed by atoms with Gasteiger partial charge in [-0.25, -0.2) is 9.97 Å². The van der Waals surface area contributed by atoms with E-state index in [0.29, 0.717) is 23.0 Å². The second kappa shape index (κ2) is 8.52. The molecule has 2 N–H and O–H groups in total. The number of nitrogens with one attached hydrogen (secondary N) is 2. The Balaban J connectivity index is 1.89. The van der Waals surface area contributed by atoms with Crippen LogP contribution in [-0.4, -0.2) is 36.0 Å². The monoisotopic (exact) mass is 375 g/mol. The first-order valence-electron chi connectivity index (χ1n) is 9.22. The van der Waals surface area contributed by atoms with E-state index in [4.69, 9.17) is 0 Å². The van der Waals surface area contributed by atoms with E-state index < -0.39 is 0 Å². The van der Waals surface area contributed by atoms with Crippen molar-refractivity contribution in [3.05, 3.63) is 66.4 Å². The molecule has 1 heterocycles. The van der Waals surface area contributed by atoms with Crippen molar-refractivity contribution in [2.75, 3.05) is 29.6 Å². The van der Waals surface area contributed by atoms with E-state index in [-0.39, 0.29) is 11.9 Å². The quantitative estimate of drug-likeness (QED) is 0.673. The maximum absolute atomic E-state index is 12.8. The van der Waals surface area contributed by atoms with Crippen LogP contribution in [0, 0.1) is 0 Å². The van der Waals surface area contributed by atoms with Crippen molar-refractivity contribution in [1.82, 2.24) is 9.97 Å². The third-order valence-corrected chi connectivity index (χ3v) is 4.07. The standard InChI is InChI=1S/C22H25N5O/c1-15(2)23-20-14-19(25-21(26-20)16-8-6-5-7-9-16)22(28)24-17-10-12-18(13-11-17)27(3)4/h5-15H,1-4H3,(H,24,28)(H,23,25,26). The van der Waals surface area contributed by atoms with Crippen molar-refractivity contribution in [3.63, 3.8) is 0 Å². The topological polar surface area (TPSA) is 70.2 Å². The summed E-state index contributed by atoms with van der Waals surface area (Å²) in [6, 6.07) is 19.2. The Hall–Kier alpha value is -3.41. The van der Waals surface area contributed by atoms with Crippen molar-refractivity contribution in [2.24, 2.45) is 0 Å². The Morgan fingerprint density at radius 3 is 2.25 bits per heavy atom. The van der Waals surface area contributed by atoms with Gasteiger partial charge in [0.15, 0.2) is 5.82 Å². The number of benzene rings is 2. The van der Waals surface area contributed by atoms with Crippen LogP contribution in [0.15, 0.2) is 60.7 Å². The van der Waals surface area contributed by atoms with Gasteiger partial charge < -0.3 is 15.5 Å². The molecule has 0 bridgehead atoms. The fourth-order valence-corrected chi connectivity index (χ4v) is 2.69. The minimum Gasteiger partial charge on any atom is -0.378 e. The molecule has 1 aromatic heterocycles. The molecule has 0 radical (unpaired) electrons. The highest BCUT2D eigenvalue weighted by Crippen LogP contribution is 2.20. The number of hydrogen-bond donors (Lipinski definition) is 2. The van der Waals surface area contributed by atoms with E-state index >= 15 is 0 Å². The largest absolute Gasteiger partial charge is 0.378 e. The van der Waals surface area contributed by atoms with Gasteiger partial charge in [-0.2, -0.15) is 0 Å². The maximum Gasteiger partial charge on any atom is 0.274 e. The predicted octanol–water partition coefficient (Wildman–Crippen LogP) is 4.28. The first-order chi connectivity index (χ1) is 13.4. The first kappa shape index (κ1) is 19.4. The molecule has 144 valence electrons. The summed E-state index contributed by atoms with van der Waals surface area (Å²) in [4.78, 5) is 23.9. The molecule has 2 aromatic carbocycles. The molecule has 0 saturated heterocycles. The smallest absolute Gasteiger partial charge is 0.274 e. The van der Waals surface area contributed by atoms with Crippen LogP contribution in [0.5, 0.6) is 0 Å². The van der Waals surface area contributed by atoms with Crippen molar-refractivity contribution < 1.29 is 4.79 Å². The van der Waals surface area contributed by atoms with Gasteiger partial charge in [-0.1, -0.05) is 30.3 Å². The molecular weight excluding hydrogens is 350 g/mol.